The average molecular weight is 309 g/mol. The normalized spacial score (nSPS) is 14.3. The zero-order valence-electron chi connectivity index (χ0n) is 12.4. The van der Waals surface area contributed by atoms with Crippen LogP contribution in [0.5, 0.6) is 0 Å². The first-order valence-corrected chi connectivity index (χ1v) is 7.11. The van der Waals surface area contributed by atoms with Gasteiger partial charge in [0.15, 0.2) is 23.3 Å². The molecule has 1 rings (SSSR count). The maximum Gasteiger partial charge on any atom is 0.200 e. The Labute approximate surface area is 121 Å². The molecular weight excluding hydrogens is 289 g/mol. The van der Waals surface area contributed by atoms with Crippen LogP contribution in [0.15, 0.2) is 0 Å². The summed E-state index contributed by atoms with van der Waals surface area (Å²) in [4.78, 5) is 0. The van der Waals surface area contributed by atoms with Crippen LogP contribution >= 0.6 is 0 Å². The number of rotatable bonds is 7. The molecule has 0 aliphatic heterocycles. The Kier molecular flexibility index (Phi) is 6.58. The molecule has 0 radical (unpaired) electrons. The molecule has 0 amide bonds. The lowest BCUT2D eigenvalue weighted by Gasteiger charge is -2.26. The zero-order chi connectivity index (χ0) is 16.2. The van der Waals surface area contributed by atoms with Crippen molar-refractivity contribution in [3.05, 3.63) is 34.6 Å². The van der Waals surface area contributed by atoms with Gasteiger partial charge in [0.1, 0.15) is 0 Å². The molecule has 0 aromatic heterocycles. The van der Waals surface area contributed by atoms with E-state index in [4.69, 9.17) is 0 Å². The van der Waals surface area contributed by atoms with Crippen molar-refractivity contribution >= 4 is 0 Å². The van der Waals surface area contributed by atoms with Crippen molar-refractivity contribution in [2.24, 2.45) is 5.92 Å². The molecule has 120 valence electrons. The van der Waals surface area contributed by atoms with Gasteiger partial charge in [-0.05, 0) is 25.3 Å². The number of nitrogens with one attached hydrogen (secondary N) is 1. The third-order valence-electron chi connectivity index (χ3n) is 3.48. The minimum Gasteiger partial charge on any atom is -0.310 e. The van der Waals surface area contributed by atoms with Gasteiger partial charge in [-0.2, -0.15) is 0 Å². The summed E-state index contributed by atoms with van der Waals surface area (Å²) in [5, 5.41) is 2.89. The fraction of sp³-hybridized carbons (Fsp3) is 0.600. The van der Waals surface area contributed by atoms with Crippen molar-refractivity contribution in [1.82, 2.24) is 5.32 Å². The molecular formula is C15H20F5N. The highest BCUT2D eigenvalue weighted by Gasteiger charge is 2.32. The second-order valence-corrected chi connectivity index (χ2v) is 5.18. The van der Waals surface area contributed by atoms with Gasteiger partial charge in [-0.3, -0.25) is 0 Å². The Hall–Kier alpha value is -1.17. The monoisotopic (exact) mass is 309 g/mol. The van der Waals surface area contributed by atoms with Gasteiger partial charge in [-0.25, -0.2) is 22.0 Å². The van der Waals surface area contributed by atoms with Gasteiger partial charge >= 0.3 is 0 Å². The summed E-state index contributed by atoms with van der Waals surface area (Å²) < 4.78 is 67.6. The summed E-state index contributed by atoms with van der Waals surface area (Å²) in [5.74, 6) is -9.65. The van der Waals surface area contributed by atoms with E-state index in [1.54, 1.807) is 6.92 Å². The standard InChI is InChI=1S/C15H20F5N/c1-4-6-8(3)15(21-7-5-2)9-10(16)12(18)14(20)13(19)11(9)17/h8,15,21H,4-7H2,1-3H3. The fourth-order valence-corrected chi connectivity index (χ4v) is 2.40. The average Bonchev–Trinajstić information content (AvgIpc) is 2.46. The lowest BCUT2D eigenvalue weighted by atomic mass is 9.89. The highest BCUT2D eigenvalue weighted by Crippen LogP contribution is 2.33. The smallest absolute Gasteiger partial charge is 0.200 e. The third kappa shape index (κ3) is 3.73. The number of benzene rings is 1. The van der Waals surface area contributed by atoms with Crippen molar-refractivity contribution in [2.45, 2.75) is 46.1 Å². The van der Waals surface area contributed by atoms with Crippen LogP contribution in [-0.2, 0) is 0 Å². The Bertz CT molecular complexity index is 460. The van der Waals surface area contributed by atoms with E-state index in [9.17, 15) is 22.0 Å². The summed E-state index contributed by atoms with van der Waals surface area (Å²) in [6, 6.07) is -0.908. The van der Waals surface area contributed by atoms with Crippen LogP contribution in [0, 0.1) is 35.0 Å². The highest BCUT2D eigenvalue weighted by molar-refractivity contribution is 5.27. The molecule has 0 saturated carbocycles. The second-order valence-electron chi connectivity index (χ2n) is 5.18. The van der Waals surface area contributed by atoms with Gasteiger partial charge in [-0.15, -0.1) is 0 Å². The van der Waals surface area contributed by atoms with Crippen LogP contribution in [0.3, 0.4) is 0 Å². The van der Waals surface area contributed by atoms with E-state index >= 15 is 0 Å². The summed E-state index contributed by atoms with van der Waals surface area (Å²) >= 11 is 0. The van der Waals surface area contributed by atoms with Gasteiger partial charge in [0.25, 0.3) is 0 Å². The molecule has 0 aliphatic carbocycles. The molecule has 1 aromatic rings. The molecule has 0 aliphatic rings. The Morgan fingerprint density at radius 1 is 0.810 bits per heavy atom. The fourth-order valence-electron chi connectivity index (χ4n) is 2.40. The molecule has 0 bridgehead atoms. The van der Waals surface area contributed by atoms with Gasteiger partial charge in [0.05, 0.1) is 0 Å². The molecule has 6 heteroatoms. The number of hydrogen-bond donors (Lipinski definition) is 1. The first-order chi connectivity index (χ1) is 9.86. The van der Waals surface area contributed by atoms with Gasteiger partial charge < -0.3 is 5.32 Å². The van der Waals surface area contributed by atoms with Crippen molar-refractivity contribution < 1.29 is 22.0 Å². The van der Waals surface area contributed by atoms with E-state index in [0.29, 0.717) is 19.4 Å². The lowest BCUT2D eigenvalue weighted by molar-refractivity contribution is 0.313. The number of hydrogen-bond acceptors (Lipinski definition) is 1. The van der Waals surface area contributed by atoms with Crippen molar-refractivity contribution in [1.29, 1.82) is 0 Å². The van der Waals surface area contributed by atoms with Gasteiger partial charge in [0.2, 0.25) is 5.82 Å². The molecule has 1 aromatic carbocycles. The maximum atomic E-state index is 13.9. The predicted molar refractivity (Wildman–Crippen MR) is 71.3 cm³/mol. The Balaban J connectivity index is 3.36. The SMILES string of the molecule is CCCNC(c1c(F)c(F)c(F)c(F)c1F)C(C)CCC. The maximum absolute atomic E-state index is 13.9. The largest absolute Gasteiger partial charge is 0.310 e. The van der Waals surface area contributed by atoms with E-state index in [0.717, 1.165) is 6.42 Å². The van der Waals surface area contributed by atoms with E-state index in [1.165, 1.54) is 0 Å². The number of halogens is 5. The van der Waals surface area contributed by atoms with Crippen LogP contribution < -0.4 is 5.32 Å². The minimum atomic E-state index is -2.12. The lowest BCUT2D eigenvalue weighted by Crippen LogP contribution is -2.30. The molecule has 1 N–H and O–H groups in total. The zero-order valence-corrected chi connectivity index (χ0v) is 12.4. The molecule has 0 spiro atoms. The Morgan fingerprint density at radius 3 is 1.71 bits per heavy atom. The first-order valence-electron chi connectivity index (χ1n) is 7.11. The summed E-state index contributed by atoms with van der Waals surface area (Å²) in [5.41, 5.74) is -0.763. The van der Waals surface area contributed by atoms with Crippen LogP contribution in [0.25, 0.3) is 0 Å². The molecule has 0 fully saturated rings. The van der Waals surface area contributed by atoms with Crippen molar-refractivity contribution in [2.75, 3.05) is 6.54 Å². The van der Waals surface area contributed by atoms with E-state index in [-0.39, 0.29) is 5.92 Å². The van der Waals surface area contributed by atoms with E-state index in [2.05, 4.69) is 5.32 Å². The van der Waals surface area contributed by atoms with Crippen LogP contribution in [0.1, 0.15) is 51.6 Å². The minimum absolute atomic E-state index is 0.255. The third-order valence-corrected chi connectivity index (χ3v) is 3.48. The first kappa shape index (κ1) is 17.9. The molecule has 2 atom stereocenters. The summed E-state index contributed by atoms with van der Waals surface area (Å²) in [6.07, 6.45) is 2.05. The molecule has 2 unspecified atom stereocenters. The quantitative estimate of drug-likeness (QED) is 0.431. The summed E-state index contributed by atoms with van der Waals surface area (Å²) in [6.45, 7) is 5.91. The van der Waals surface area contributed by atoms with Crippen LogP contribution in [0.2, 0.25) is 0 Å². The molecule has 21 heavy (non-hydrogen) atoms. The molecule has 0 saturated heterocycles. The highest BCUT2D eigenvalue weighted by atomic mass is 19.2. The predicted octanol–water partition coefficient (Wildman–Crippen LogP) is 4.86. The van der Waals surface area contributed by atoms with Crippen LogP contribution in [0.4, 0.5) is 22.0 Å². The van der Waals surface area contributed by atoms with Crippen molar-refractivity contribution in [3.63, 3.8) is 0 Å². The summed E-state index contributed by atoms with van der Waals surface area (Å²) in [7, 11) is 0. The molecule has 0 heterocycles. The van der Waals surface area contributed by atoms with E-state index in [1.807, 2.05) is 13.8 Å². The Morgan fingerprint density at radius 2 is 1.29 bits per heavy atom. The van der Waals surface area contributed by atoms with Crippen LogP contribution in [-0.4, -0.2) is 6.54 Å². The topological polar surface area (TPSA) is 12.0 Å². The molecule has 1 nitrogen and oxygen atoms in total. The second kappa shape index (κ2) is 7.73. The van der Waals surface area contributed by atoms with E-state index < -0.39 is 40.7 Å². The van der Waals surface area contributed by atoms with Gasteiger partial charge in [0, 0.05) is 11.6 Å². The van der Waals surface area contributed by atoms with Gasteiger partial charge in [-0.1, -0.05) is 27.2 Å². The van der Waals surface area contributed by atoms with Crippen molar-refractivity contribution in [3.8, 4) is 0 Å².